The summed E-state index contributed by atoms with van der Waals surface area (Å²) in [6.07, 6.45) is 2.48. The molecule has 0 unspecified atom stereocenters. The van der Waals surface area contributed by atoms with Crippen LogP contribution in [0.25, 0.3) is 0 Å². The van der Waals surface area contributed by atoms with Gasteiger partial charge in [0.1, 0.15) is 5.78 Å². The first-order valence-electron chi connectivity index (χ1n) is 9.04. The van der Waals surface area contributed by atoms with Crippen LogP contribution in [0.4, 0.5) is 0 Å². The SMILES string of the molecule is CC(C)(C)CC(C)(C)C(=O)C(C)(C)CC(C)(C)C(C)(C)CCO. The lowest BCUT2D eigenvalue weighted by atomic mass is 9.57. The smallest absolute Gasteiger partial charge is 0.144 e. The molecule has 0 fully saturated rings. The van der Waals surface area contributed by atoms with Gasteiger partial charge < -0.3 is 5.11 Å². The normalized spacial score (nSPS) is 15.0. The van der Waals surface area contributed by atoms with E-state index in [1.54, 1.807) is 0 Å². The Morgan fingerprint density at radius 3 is 1.43 bits per heavy atom. The molecule has 0 atom stereocenters. The summed E-state index contributed by atoms with van der Waals surface area (Å²) in [5.41, 5.74) is -0.578. The van der Waals surface area contributed by atoms with Gasteiger partial charge in [-0.25, -0.2) is 0 Å². The number of aliphatic hydroxyl groups excluding tert-OH is 1. The van der Waals surface area contributed by atoms with Crippen LogP contribution < -0.4 is 0 Å². The number of carbonyl (C=O) groups excluding carboxylic acids is 1. The van der Waals surface area contributed by atoms with Crippen LogP contribution in [0.3, 0.4) is 0 Å². The Morgan fingerprint density at radius 1 is 0.696 bits per heavy atom. The Balaban J connectivity index is 5.37. The van der Waals surface area contributed by atoms with Crippen LogP contribution in [-0.2, 0) is 4.79 Å². The highest BCUT2D eigenvalue weighted by Gasteiger charge is 2.46. The third kappa shape index (κ3) is 6.21. The Morgan fingerprint density at radius 2 is 1.09 bits per heavy atom. The predicted molar refractivity (Wildman–Crippen MR) is 101 cm³/mol. The average Bonchev–Trinajstić information content (AvgIpc) is 2.22. The van der Waals surface area contributed by atoms with E-state index in [1.165, 1.54) is 0 Å². The highest BCUT2D eigenvalue weighted by atomic mass is 16.3. The van der Waals surface area contributed by atoms with Crippen molar-refractivity contribution in [3.05, 3.63) is 0 Å². The maximum absolute atomic E-state index is 13.3. The third-order valence-electron chi connectivity index (χ3n) is 5.65. The van der Waals surface area contributed by atoms with Crippen molar-refractivity contribution in [2.75, 3.05) is 6.61 Å². The van der Waals surface area contributed by atoms with Crippen molar-refractivity contribution < 1.29 is 9.90 Å². The third-order valence-corrected chi connectivity index (χ3v) is 5.65. The molecule has 0 heterocycles. The molecule has 0 aliphatic heterocycles. The molecule has 0 aliphatic carbocycles. The Bertz CT molecular complexity index is 406. The van der Waals surface area contributed by atoms with E-state index >= 15 is 0 Å². The summed E-state index contributed by atoms with van der Waals surface area (Å²) in [7, 11) is 0. The van der Waals surface area contributed by atoms with Gasteiger partial charge in [-0.3, -0.25) is 4.79 Å². The zero-order chi connectivity index (χ0) is 18.9. The minimum absolute atomic E-state index is 0.00648. The Kier molecular flexibility index (Phi) is 6.75. The number of carbonyl (C=O) groups is 1. The van der Waals surface area contributed by atoms with Crippen molar-refractivity contribution in [2.45, 2.75) is 95.4 Å². The van der Waals surface area contributed by atoms with E-state index in [1.807, 2.05) is 0 Å². The van der Waals surface area contributed by atoms with Gasteiger partial charge >= 0.3 is 0 Å². The summed E-state index contributed by atoms with van der Waals surface area (Å²) in [6.45, 7) is 24.0. The number of Topliss-reactive ketones (excluding diaryl/α,β-unsaturated/α-hetero) is 1. The van der Waals surface area contributed by atoms with Crippen LogP contribution in [0.5, 0.6) is 0 Å². The van der Waals surface area contributed by atoms with E-state index in [-0.39, 0.29) is 33.7 Å². The molecule has 138 valence electrons. The highest BCUT2D eigenvalue weighted by Crippen LogP contribution is 2.50. The molecular weight excluding hydrogens is 284 g/mol. The maximum atomic E-state index is 13.3. The Labute approximate surface area is 145 Å². The molecule has 0 aliphatic rings. The fourth-order valence-electron chi connectivity index (χ4n) is 4.36. The largest absolute Gasteiger partial charge is 0.396 e. The summed E-state index contributed by atoms with van der Waals surface area (Å²) in [5, 5.41) is 9.36. The zero-order valence-corrected chi connectivity index (χ0v) is 17.7. The molecule has 0 spiro atoms. The van der Waals surface area contributed by atoms with Gasteiger partial charge in [-0.15, -0.1) is 0 Å². The minimum Gasteiger partial charge on any atom is -0.396 e. The van der Waals surface area contributed by atoms with Crippen molar-refractivity contribution in [1.29, 1.82) is 0 Å². The molecule has 0 aromatic heterocycles. The molecule has 0 amide bonds. The lowest BCUT2D eigenvalue weighted by molar-refractivity contribution is -0.140. The van der Waals surface area contributed by atoms with Gasteiger partial charge in [0, 0.05) is 17.4 Å². The molecule has 0 bridgehead atoms. The molecule has 0 aromatic rings. The summed E-state index contributed by atoms with van der Waals surface area (Å²) in [5.74, 6) is 0.354. The van der Waals surface area contributed by atoms with Crippen LogP contribution in [0.2, 0.25) is 0 Å². The fraction of sp³-hybridized carbons (Fsp3) is 0.952. The van der Waals surface area contributed by atoms with E-state index in [4.69, 9.17) is 0 Å². The molecule has 0 radical (unpaired) electrons. The van der Waals surface area contributed by atoms with Gasteiger partial charge in [0.05, 0.1) is 0 Å². The summed E-state index contributed by atoms with van der Waals surface area (Å²) in [4.78, 5) is 13.3. The van der Waals surface area contributed by atoms with Crippen molar-refractivity contribution in [2.24, 2.45) is 27.1 Å². The highest BCUT2D eigenvalue weighted by molar-refractivity contribution is 5.89. The first kappa shape index (κ1) is 22.6. The van der Waals surface area contributed by atoms with Gasteiger partial charge in [0.25, 0.3) is 0 Å². The number of ketones is 1. The van der Waals surface area contributed by atoms with Crippen LogP contribution in [0.15, 0.2) is 0 Å². The second kappa shape index (κ2) is 6.86. The minimum atomic E-state index is -0.370. The van der Waals surface area contributed by atoms with Crippen LogP contribution >= 0.6 is 0 Å². The average molecular weight is 327 g/mol. The van der Waals surface area contributed by atoms with E-state index in [0.29, 0.717) is 5.78 Å². The first-order chi connectivity index (χ1) is 9.88. The van der Waals surface area contributed by atoms with Crippen molar-refractivity contribution >= 4 is 5.78 Å². The van der Waals surface area contributed by atoms with E-state index in [9.17, 15) is 9.90 Å². The second-order valence-electron chi connectivity index (χ2n) is 11.3. The van der Waals surface area contributed by atoms with E-state index in [0.717, 1.165) is 19.3 Å². The second-order valence-corrected chi connectivity index (χ2v) is 11.3. The quantitative estimate of drug-likeness (QED) is 0.605. The number of rotatable bonds is 8. The topological polar surface area (TPSA) is 37.3 Å². The lowest BCUT2D eigenvalue weighted by Crippen LogP contribution is -2.44. The van der Waals surface area contributed by atoms with Gasteiger partial charge in [-0.2, -0.15) is 0 Å². The molecule has 1 N–H and O–H groups in total. The predicted octanol–water partition coefficient (Wildman–Crippen LogP) is 5.87. The molecular formula is C21H42O2. The van der Waals surface area contributed by atoms with Crippen molar-refractivity contribution in [3.63, 3.8) is 0 Å². The Hall–Kier alpha value is -0.370. The molecule has 0 rings (SSSR count). The summed E-state index contributed by atoms with van der Waals surface area (Å²) >= 11 is 0. The first-order valence-corrected chi connectivity index (χ1v) is 9.04. The molecule has 23 heavy (non-hydrogen) atoms. The molecule has 0 aromatic carbocycles. The van der Waals surface area contributed by atoms with E-state index in [2.05, 4.69) is 76.2 Å². The number of hydrogen-bond donors (Lipinski definition) is 1. The zero-order valence-electron chi connectivity index (χ0n) is 17.7. The van der Waals surface area contributed by atoms with Crippen molar-refractivity contribution in [3.8, 4) is 0 Å². The fourth-order valence-corrected chi connectivity index (χ4v) is 4.36. The van der Waals surface area contributed by atoms with Gasteiger partial charge in [-0.1, -0.05) is 76.2 Å². The van der Waals surface area contributed by atoms with Gasteiger partial charge in [0.2, 0.25) is 0 Å². The van der Waals surface area contributed by atoms with Crippen LogP contribution in [0, 0.1) is 27.1 Å². The molecule has 2 heteroatoms. The van der Waals surface area contributed by atoms with E-state index < -0.39 is 0 Å². The van der Waals surface area contributed by atoms with Crippen molar-refractivity contribution in [1.82, 2.24) is 0 Å². The van der Waals surface area contributed by atoms with Crippen LogP contribution in [-0.4, -0.2) is 17.5 Å². The van der Waals surface area contributed by atoms with Gasteiger partial charge in [0.15, 0.2) is 0 Å². The lowest BCUT2D eigenvalue weighted by Gasteiger charge is -2.47. The monoisotopic (exact) mass is 326 g/mol. The molecule has 0 saturated heterocycles. The summed E-state index contributed by atoms with van der Waals surface area (Å²) < 4.78 is 0. The number of hydrogen-bond acceptors (Lipinski definition) is 2. The maximum Gasteiger partial charge on any atom is 0.144 e. The van der Waals surface area contributed by atoms with Crippen LogP contribution in [0.1, 0.15) is 95.4 Å². The molecule has 2 nitrogen and oxygen atoms in total. The van der Waals surface area contributed by atoms with Gasteiger partial charge in [-0.05, 0) is 35.5 Å². The summed E-state index contributed by atoms with van der Waals surface area (Å²) in [6, 6.07) is 0. The molecule has 0 saturated carbocycles. The number of aliphatic hydroxyl groups is 1. The standard InChI is InChI=1S/C21H42O2/c1-17(2,3)14-18(4,5)16(23)19(6,7)15-21(10,11)20(8,9)12-13-22/h22H,12-15H2,1-11H3.